The van der Waals surface area contributed by atoms with E-state index in [2.05, 4.69) is 0 Å². The molecule has 0 aliphatic rings. The first kappa shape index (κ1) is 33.9. The van der Waals surface area contributed by atoms with Gasteiger partial charge in [-0.15, -0.1) is 0 Å². The Morgan fingerprint density at radius 1 is 0.846 bits per heavy atom. The highest BCUT2D eigenvalue weighted by atomic mass is 16.7. The molecular formula is C29H45NO9. The average molecular weight is 552 g/mol. The quantitative estimate of drug-likeness (QED) is 0.132. The van der Waals surface area contributed by atoms with E-state index in [-0.39, 0.29) is 43.3 Å². The molecule has 3 atom stereocenters. The Balaban J connectivity index is 3.10. The van der Waals surface area contributed by atoms with Crippen LogP contribution in [0.25, 0.3) is 0 Å². The summed E-state index contributed by atoms with van der Waals surface area (Å²) in [5, 5.41) is 9.92. The maximum absolute atomic E-state index is 12.4. The Labute approximate surface area is 231 Å². The molecule has 0 amide bonds. The standard InChI is InChI=1S/C29H45NO9/c1-6-9-11-13-25(31)38-23-16-15-22(17-24(23)39-26(32)14-12-10-7-2)19-29(30,27(33)34)18-21(5)37-28(35)36-20(4)8-3/h15-17,20-21H,6-14,18-19,30H2,1-5H3,(H,33,34)/t20?,21-,29?/m0/s1. The van der Waals surface area contributed by atoms with E-state index in [0.29, 0.717) is 24.8 Å². The second kappa shape index (κ2) is 17.4. The smallest absolute Gasteiger partial charge is 0.480 e. The number of unbranched alkanes of at least 4 members (excludes halogenated alkanes) is 4. The highest BCUT2D eigenvalue weighted by Crippen LogP contribution is 2.32. The summed E-state index contributed by atoms with van der Waals surface area (Å²) in [4.78, 5) is 48.9. The number of carboxylic acid groups (broad SMARTS) is 1. The summed E-state index contributed by atoms with van der Waals surface area (Å²) in [5.74, 6) is -2.13. The van der Waals surface area contributed by atoms with Gasteiger partial charge < -0.3 is 29.8 Å². The molecule has 10 nitrogen and oxygen atoms in total. The molecule has 0 aliphatic carbocycles. The van der Waals surface area contributed by atoms with Crippen molar-refractivity contribution in [3.05, 3.63) is 23.8 Å². The van der Waals surface area contributed by atoms with Crippen LogP contribution in [0.5, 0.6) is 11.5 Å². The largest absolute Gasteiger partial charge is 0.508 e. The molecule has 0 bridgehead atoms. The van der Waals surface area contributed by atoms with Crippen LogP contribution < -0.4 is 15.2 Å². The van der Waals surface area contributed by atoms with E-state index in [4.69, 9.17) is 24.7 Å². The SMILES string of the molecule is CCCCCC(=O)Oc1ccc(CC(N)(C[C@H](C)OC(=O)OC(C)CC)C(=O)O)cc1OC(=O)CCCCC. The zero-order valence-corrected chi connectivity index (χ0v) is 24.0. The topological polar surface area (TPSA) is 151 Å². The number of benzene rings is 1. The first-order valence-corrected chi connectivity index (χ1v) is 13.9. The molecule has 0 radical (unpaired) electrons. The molecule has 0 saturated carbocycles. The zero-order chi connectivity index (χ0) is 29.4. The lowest BCUT2D eigenvalue weighted by Gasteiger charge is -2.28. The minimum Gasteiger partial charge on any atom is -0.480 e. The highest BCUT2D eigenvalue weighted by molar-refractivity contribution is 5.79. The molecule has 0 spiro atoms. The van der Waals surface area contributed by atoms with Crippen molar-refractivity contribution < 1.29 is 43.2 Å². The third-order valence-corrected chi connectivity index (χ3v) is 6.19. The van der Waals surface area contributed by atoms with Crippen molar-refractivity contribution in [3.63, 3.8) is 0 Å². The molecule has 0 fully saturated rings. The Morgan fingerprint density at radius 2 is 1.38 bits per heavy atom. The molecule has 220 valence electrons. The summed E-state index contributed by atoms with van der Waals surface area (Å²) >= 11 is 0. The maximum Gasteiger partial charge on any atom is 0.508 e. The lowest BCUT2D eigenvalue weighted by molar-refractivity contribution is -0.145. The molecule has 39 heavy (non-hydrogen) atoms. The summed E-state index contributed by atoms with van der Waals surface area (Å²) < 4.78 is 21.3. The second-order valence-corrected chi connectivity index (χ2v) is 10.0. The molecule has 0 heterocycles. The Morgan fingerprint density at radius 3 is 1.90 bits per heavy atom. The zero-order valence-electron chi connectivity index (χ0n) is 24.0. The fourth-order valence-corrected chi connectivity index (χ4v) is 3.81. The van der Waals surface area contributed by atoms with Gasteiger partial charge >= 0.3 is 24.1 Å². The number of carboxylic acids is 1. The third kappa shape index (κ3) is 13.0. The van der Waals surface area contributed by atoms with Gasteiger partial charge in [-0.05, 0) is 50.8 Å². The average Bonchev–Trinajstić information content (AvgIpc) is 2.85. The van der Waals surface area contributed by atoms with Gasteiger partial charge in [-0.3, -0.25) is 14.4 Å². The summed E-state index contributed by atoms with van der Waals surface area (Å²) in [6.07, 6.45) is 3.57. The van der Waals surface area contributed by atoms with Crippen molar-refractivity contribution >= 4 is 24.1 Å². The first-order valence-electron chi connectivity index (χ1n) is 13.9. The Hall–Kier alpha value is -3.14. The van der Waals surface area contributed by atoms with Gasteiger partial charge in [0.15, 0.2) is 11.5 Å². The minimum atomic E-state index is -1.81. The molecule has 3 N–H and O–H groups in total. The minimum absolute atomic E-state index is 0.0204. The molecular weight excluding hydrogens is 506 g/mol. The maximum atomic E-state index is 12.4. The molecule has 1 aromatic rings. The van der Waals surface area contributed by atoms with Crippen LogP contribution >= 0.6 is 0 Å². The predicted molar refractivity (Wildman–Crippen MR) is 146 cm³/mol. The van der Waals surface area contributed by atoms with E-state index < -0.39 is 35.7 Å². The van der Waals surface area contributed by atoms with E-state index in [9.17, 15) is 24.3 Å². The van der Waals surface area contributed by atoms with E-state index in [1.807, 2.05) is 20.8 Å². The molecule has 2 unspecified atom stereocenters. The van der Waals surface area contributed by atoms with Crippen LogP contribution in [-0.4, -0.2) is 46.9 Å². The van der Waals surface area contributed by atoms with Crippen LogP contribution in [0.1, 0.15) is 104 Å². The summed E-state index contributed by atoms with van der Waals surface area (Å²) in [7, 11) is 0. The number of carbonyl (C=O) groups is 4. The van der Waals surface area contributed by atoms with Crippen LogP contribution in [-0.2, 0) is 30.3 Å². The molecule has 0 saturated heterocycles. The number of esters is 2. The monoisotopic (exact) mass is 551 g/mol. The van der Waals surface area contributed by atoms with Crippen LogP contribution in [0.3, 0.4) is 0 Å². The van der Waals surface area contributed by atoms with Crippen LogP contribution in [0.2, 0.25) is 0 Å². The first-order chi connectivity index (χ1) is 18.4. The van der Waals surface area contributed by atoms with E-state index in [0.717, 1.165) is 25.7 Å². The molecule has 0 aromatic heterocycles. The van der Waals surface area contributed by atoms with Crippen molar-refractivity contribution in [2.75, 3.05) is 0 Å². The van der Waals surface area contributed by atoms with Crippen molar-refractivity contribution in [2.24, 2.45) is 5.73 Å². The summed E-state index contributed by atoms with van der Waals surface area (Å²) in [5.41, 5.74) is 4.90. The third-order valence-electron chi connectivity index (χ3n) is 6.19. The van der Waals surface area contributed by atoms with Gasteiger partial charge in [0.1, 0.15) is 17.7 Å². The lowest BCUT2D eigenvalue weighted by Crippen LogP contribution is -2.52. The molecule has 1 aromatic carbocycles. The number of rotatable bonds is 18. The lowest BCUT2D eigenvalue weighted by atomic mass is 9.86. The van der Waals surface area contributed by atoms with Gasteiger partial charge in [0.25, 0.3) is 0 Å². The molecule has 10 heteroatoms. The van der Waals surface area contributed by atoms with Crippen LogP contribution in [0.4, 0.5) is 4.79 Å². The van der Waals surface area contributed by atoms with Gasteiger partial charge in [0.05, 0.1) is 0 Å². The van der Waals surface area contributed by atoms with E-state index in [1.165, 1.54) is 19.1 Å². The summed E-state index contributed by atoms with van der Waals surface area (Å²) in [6, 6.07) is 4.49. The van der Waals surface area contributed by atoms with Gasteiger partial charge in [-0.25, -0.2) is 4.79 Å². The second-order valence-electron chi connectivity index (χ2n) is 10.0. The molecule has 1 rings (SSSR count). The van der Waals surface area contributed by atoms with E-state index in [1.54, 1.807) is 13.0 Å². The van der Waals surface area contributed by atoms with Crippen LogP contribution in [0, 0.1) is 0 Å². The highest BCUT2D eigenvalue weighted by Gasteiger charge is 2.37. The Kier molecular flexibility index (Phi) is 15.2. The van der Waals surface area contributed by atoms with Crippen molar-refractivity contribution in [1.29, 1.82) is 0 Å². The fraction of sp³-hybridized carbons (Fsp3) is 0.655. The van der Waals surface area contributed by atoms with Gasteiger partial charge in [-0.2, -0.15) is 0 Å². The van der Waals surface area contributed by atoms with Gasteiger partial charge in [0.2, 0.25) is 0 Å². The van der Waals surface area contributed by atoms with E-state index >= 15 is 0 Å². The Bertz CT molecular complexity index is 949. The molecule has 0 aliphatic heterocycles. The predicted octanol–water partition coefficient (Wildman–Crippen LogP) is 5.71. The van der Waals surface area contributed by atoms with Gasteiger partial charge in [0, 0.05) is 25.7 Å². The number of ether oxygens (including phenoxy) is 4. The van der Waals surface area contributed by atoms with Crippen molar-refractivity contribution in [2.45, 2.75) is 123 Å². The normalized spacial score (nSPS) is 14.0. The van der Waals surface area contributed by atoms with Crippen LogP contribution in [0.15, 0.2) is 18.2 Å². The number of hydrogen-bond donors (Lipinski definition) is 2. The number of carbonyl (C=O) groups excluding carboxylic acids is 3. The summed E-state index contributed by atoms with van der Waals surface area (Å²) in [6.45, 7) is 9.16. The number of hydrogen-bond acceptors (Lipinski definition) is 9. The van der Waals surface area contributed by atoms with Crippen molar-refractivity contribution in [3.8, 4) is 11.5 Å². The fourth-order valence-electron chi connectivity index (χ4n) is 3.81. The van der Waals surface area contributed by atoms with Gasteiger partial charge in [-0.1, -0.05) is 52.5 Å². The number of nitrogens with two attached hydrogens (primary N) is 1. The van der Waals surface area contributed by atoms with Crippen molar-refractivity contribution in [1.82, 2.24) is 0 Å². The number of aliphatic carboxylic acids is 1.